The molecule has 1 saturated heterocycles. The first-order valence-electron chi connectivity index (χ1n) is 9.75. The molecule has 0 radical (unpaired) electrons. The summed E-state index contributed by atoms with van der Waals surface area (Å²) in [5.74, 6) is -0.0451. The number of hydrogen-bond acceptors (Lipinski definition) is 2. The van der Waals surface area contributed by atoms with Crippen LogP contribution in [0.15, 0.2) is 60.7 Å². The lowest BCUT2D eigenvalue weighted by Crippen LogP contribution is -2.50. The molecule has 0 saturated carbocycles. The van der Waals surface area contributed by atoms with Crippen LogP contribution in [0.1, 0.15) is 42.1 Å². The Morgan fingerprint density at radius 3 is 2.22 bits per heavy atom. The topological polar surface area (TPSA) is 32.3 Å². The fraction of sp³-hybridized carbons (Fsp3) is 0.391. The third-order valence-electron chi connectivity index (χ3n) is 5.27. The highest BCUT2D eigenvalue weighted by atomic mass is 32.1. The Balaban J connectivity index is 1.76. The first-order chi connectivity index (χ1) is 13.1. The number of amides is 1. The van der Waals surface area contributed by atoms with Crippen molar-refractivity contribution in [2.45, 2.75) is 32.6 Å². The Hall–Kier alpha value is -2.20. The van der Waals surface area contributed by atoms with Gasteiger partial charge in [-0.2, -0.15) is 0 Å². The van der Waals surface area contributed by atoms with Crippen molar-refractivity contribution >= 4 is 23.1 Å². The van der Waals surface area contributed by atoms with Gasteiger partial charge in [-0.15, -0.1) is 0 Å². The van der Waals surface area contributed by atoms with Gasteiger partial charge in [0.2, 0.25) is 0 Å². The molecule has 1 amide bonds. The third kappa shape index (κ3) is 5.16. The number of rotatable bonds is 6. The average molecular weight is 381 g/mol. The summed E-state index contributed by atoms with van der Waals surface area (Å²) in [6.45, 7) is 4.76. The first kappa shape index (κ1) is 19.6. The van der Waals surface area contributed by atoms with Crippen molar-refractivity contribution in [3.05, 3.63) is 71.8 Å². The van der Waals surface area contributed by atoms with E-state index < -0.39 is 0 Å². The number of nitrogens with one attached hydrogen (secondary N) is 1. The van der Waals surface area contributed by atoms with E-state index in [9.17, 15) is 4.79 Å². The summed E-state index contributed by atoms with van der Waals surface area (Å²) >= 11 is 5.95. The molecule has 0 unspecified atom stereocenters. The molecule has 3 rings (SSSR count). The highest BCUT2D eigenvalue weighted by molar-refractivity contribution is 7.80. The van der Waals surface area contributed by atoms with Gasteiger partial charge in [0.25, 0.3) is 5.91 Å². The van der Waals surface area contributed by atoms with E-state index in [1.165, 1.54) is 24.8 Å². The molecule has 27 heavy (non-hydrogen) atoms. The van der Waals surface area contributed by atoms with Crippen molar-refractivity contribution < 1.29 is 4.79 Å². The van der Waals surface area contributed by atoms with Crippen LogP contribution in [0.25, 0.3) is 0 Å². The van der Waals surface area contributed by atoms with Gasteiger partial charge in [-0.1, -0.05) is 67.7 Å². The van der Waals surface area contributed by atoms with E-state index in [0.717, 1.165) is 24.5 Å². The smallest absolute Gasteiger partial charge is 0.251 e. The quantitative estimate of drug-likeness (QED) is 0.750. The molecule has 3 nitrogen and oxygen atoms in total. The molecule has 1 atom stereocenters. The number of thiocarbonyl (C=S) groups is 1. The minimum atomic E-state index is -0.293. The van der Waals surface area contributed by atoms with Crippen LogP contribution in [0.3, 0.4) is 0 Å². The summed E-state index contributed by atoms with van der Waals surface area (Å²) in [6, 6.07) is 19.8. The lowest BCUT2D eigenvalue weighted by atomic mass is 9.82. The number of carbonyl (C=O) groups excluding carboxylic acids is 1. The Bertz CT molecular complexity index is 756. The number of hydrogen-bond donors (Lipinski definition) is 1. The molecule has 1 fully saturated rings. The van der Waals surface area contributed by atoms with Crippen molar-refractivity contribution in [2.75, 3.05) is 19.6 Å². The number of carbonyl (C=O) groups is 1. The van der Waals surface area contributed by atoms with Gasteiger partial charge in [0, 0.05) is 30.6 Å². The Kier molecular flexibility index (Phi) is 6.62. The second kappa shape index (κ2) is 9.14. The summed E-state index contributed by atoms with van der Waals surface area (Å²) < 4.78 is 0. The Morgan fingerprint density at radius 1 is 1.00 bits per heavy atom. The standard InChI is InChI=1S/C23H28N2OS/c1-23(17-19-11-5-2-6-12-19,22(27)25-15-9-4-10-16-25)18-24-21(26)20-13-7-3-8-14-20/h2-3,5-8,11-14H,4,9-10,15-18H2,1H3,(H,24,26)/t23-/m0/s1. The largest absolute Gasteiger partial charge is 0.366 e. The molecular weight excluding hydrogens is 352 g/mol. The molecule has 2 aromatic carbocycles. The minimum absolute atomic E-state index is 0.0451. The molecule has 0 aromatic heterocycles. The minimum Gasteiger partial charge on any atom is -0.366 e. The molecule has 1 aliphatic rings. The maximum Gasteiger partial charge on any atom is 0.251 e. The van der Waals surface area contributed by atoms with Crippen LogP contribution < -0.4 is 5.32 Å². The van der Waals surface area contributed by atoms with Gasteiger partial charge in [-0.05, 0) is 43.4 Å². The number of benzene rings is 2. The van der Waals surface area contributed by atoms with Gasteiger partial charge in [0.05, 0.1) is 4.99 Å². The zero-order valence-corrected chi connectivity index (χ0v) is 16.8. The molecule has 1 N–H and O–H groups in total. The Labute approximate surface area is 167 Å². The maximum absolute atomic E-state index is 12.6. The average Bonchev–Trinajstić information content (AvgIpc) is 2.73. The van der Waals surface area contributed by atoms with E-state index in [4.69, 9.17) is 12.2 Å². The van der Waals surface area contributed by atoms with E-state index in [-0.39, 0.29) is 11.3 Å². The molecule has 0 aliphatic carbocycles. The fourth-order valence-corrected chi connectivity index (χ4v) is 4.03. The SMILES string of the molecule is C[C@@](CNC(=O)c1ccccc1)(Cc1ccccc1)C(=S)N1CCCCC1. The Morgan fingerprint density at radius 2 is 1.59 bits per heavy atom. The third-order valence-corrected chi connectivity index (χ3v) is 6.02. The van der Waals surface area contributed by atoms with Crippen molar-refractivity contribution in [3.8, 4) is 0 Å². The van der Waals surface area contributed by atoms with Gasteiger partial charge >= 0.3 is 0 Å². The van der Waals surface area contributed by atoms with Crippen LogP contribution in [0.2, 0.25) is 0 Å². The summed E-state index contributed by atoms with van der Waals surface area (Å²) in [4.78, 5) is 15.9. The van der Waals surface area contributed by atoms with Gasteiger partial charge < -0.3 is 10.2 Å². The number of likely N-dealkylation sites (tertiary alicyclic amines) is 1. The van der Waals surface area contributed by atoms with Crippen molar-refractivity contribution in [1.29, 1.82) is 0 Å². The van der Waals surface area contributed by atoms with Gasteiger partial charge in [0.1, 0.15) is 0 Å². The molecule has 1 heterocycles. The molecule has 0 spiro atoms. The van der Waals surface area contributed by atoms with Crippen LogP contribution in [0.4, 0.5) is 0 Å². The summed E-state index contributed by atoms with van der Waals surface area (Å²) in [6.07, 6.45) is 4.48. The normalized spacial score (nSPS) is 16.4. The lowest BCUT2D eigenvalue weighted by Gasteiger charge is -2.39. The van der Waals surface area contributed by atoms with Gasteiger partial charge in [-0.3, -0.25) is 4.79 Å². The van der Waals surface area contributed by atoms with Gasteiger partial charge in [0.15, 0.2) is 0 Å². The number of nitrogens with zero attached hydrogens (tertiary/aromatic N) is 1. The number of piperidine rings is 1. The lowest BCUT2D eigenvalue weighted by molar-refractivity contribution is 0.0941. The highest BCUT2D eigenvalue weighted by Gasteiger charge is 2.34. The first-order valence-corrected chi connectivity index (χ1v) is 10.2. The van der Waals surface area contributed by atoms with Crippen molar-refractivity contribution in [1.82, 2.24) is 10.2 Å². The van der Waals surface area contributed by atoms with E-state index in [2.05, 4.69) is 41.4 Å². The van der Waals surface area contributed by atoms with E-state index in [0.29, 0.717) is 12.1 Å². The monoisotopic (exact) mass is 380 g/mol. The van der Waals surface area contributed by atoms with Crippen molar-refractivity contribution in [3.63, 3.8) is 0 Å². The molecule has 1 aliphatic heterocycles. The second-order valence-electron chi connectivity index (χ2n) is 7.62. The zero-order chi connectivity index (χ0) is 19.1. The van der Waals surface area contributed by atoms with E-state index >= 15 is 0 Å². The van der Waals surface area contributed by atoms with Crippen LogP contribution in [-0.4, -0.2) is 35.4 Å². The summed E-state index contributed by atoms with van der Waals surface area (Å²) in [5, 5.41) is 3.13. The maximum atomic E-state index is 12.6. The predicted octanol–water partition coefficient (Wildman–Crippen LogP) is 4.48. The van der Waals surface area contributed by atoms with Gasteiger partial charge in [-0.25, -0.2) is 0 Å². The van der Waals surface area contributed by atoms with Crippen LogP contribution in [0, 0.1) is 5.41 Å². The van der Waals surface area contributed by atoms with Crippen LogP contribution in [0.5, 0.6) is 0 Å². The fourth-order valence-electron chi connectivity index (χ4n) is 3.71. The van der Waals surface area contributed by atoms with Crippen LogP contribution >= 0.6 is 12.2 Å². The highest BCUT2D eigenvalue weighted by Crippen LogP contribution is 2.28. The zero-order valence-electron chi connectivity index (χ0n) is 16.0. The predicted molar refractivity (Wildman–Crippen MR) is 115 cm³/mol. The van der Waals surface area contributed by atoms with E-state index in [1.54, 1.807) is 0 Å². The summed E-state index contributed by atoms with van der Waals surface area (Å²) in [5.41, 5.74) is 1.63. The van der Waals surface area contributed by atoms with E-state index in [1.807, 2.05) is 36.4 Å². The molecular formula is C23H28N2OS. The van der Waals surface area contributed by atoms with Crippen molar-refractivity contribution in [2.24, 2.45) is 5.41 Å². The van der Waals surface area contributed by atoms with Crippen LogP contribution in [-0.2, 0) is 6.42 Å². The molecule has 142 valence electrons. The molecule has 0 bridgehead atoms. The summed E-state index contributed by atoms with van der Waals surface area (Å²) in [7, 11) is 0. The molecule has 4 heteroatoms. The second-order valence-corrected chi connectivity index (χ2v) is 8.01. The molecule has 2 aromatic rings.